The van der Waals surface area contributed by atoms with E-state index in [-0.39, 0.29) is 19.3 Å². The largest absolute Gasteiger partial charge is 0.447 e. The first-order chi connectivity index (χ1) is 7.81. The van der Waals surface area contributed by atoms with Crippen molar-refractivity contribution in [1.82, 2.24) is 4.90 Å². The van der Waals surface area contributed by atoms with Crippen LogP contribution in [0.2, 0.25) is 0 Å². The molecule has 0 aromatic carbocycles. The first-order valence-electron chi connectivity index (χ1n) is 6.34. The van der Waals surface area contributed by atoms with Crippen molar-refractivity contribution in [2.45, 2.75) is 32.1 Å². The molecule has 2 atom stereocenters. The summed E-state index contributed by atoms with van der Waals surface area (Å²) in [5.74, 6) is 1.51. The number of ether oxygens (including phenoxy) is 1. The molecule has 1 heterocycles. The van der Waals surface area contributed by atoms with E-state index in [1.54, 1.807) is 0 Å². The van der Waals surface area contributed by atoms with Gasteiger partial charge in [0.05, 0.1) is 6.61 Å². The Kier molecular flexibility index (Phi) is 4.04. The number of likely N-dealkylation sites (tertiary alicyclic amines) is 1. The zero-order valence-electron chi connectivity index (χ0n) is 9.73. The molecule has 1 aliphatic heterocycles. The molecule has 0 radical (unpaired) electrons. The molecule has 0 aromatic heterocycles. The van der Waals surface area contributed by atoms with Crippen molar-refractivity contribution in [3.05, 3.63) is 0 Å². The molecule has 4 nitrogen and oxygen atoms in total. The van der Waals surface area contributed by atoms with Crippen LogP contribution < -0.4 is 0 Å². The van der Waals surface area contributed by atoms with Gasteiger partial charge in [-0.2, -0.15) is 0 Å². The Labute approximate surface area is 96.6 Å². The van der Waals surface area contributed by atoms with Gasteiger partial charge in [0.15, 0.2) is 0 Å². The van der Waals surface area contributed by atoms with Crippen LogP contribution in [0.15, 0.2) is 0 Å². The number of carbonyl (C=O) groups is 1. The summed E-state index contributed by atoms with van der Waals surface area (Å²) in [5.41, 5.74) is 0. The summed E-state index contributed by atoms with van der Waals surface area (Å²) >= 11 is 0. The van der Waals surface area contributed by atoms with Crippen LogP contribution in [-0.2, 0) is 4.74 Å². The highest BCUT2D eigenvalue weighted by atomic mass is 16.6. The van der Waals surface area contributed by atoms with Gasteiger partial charge in [-0.25, -0.2) is 4.79 Å². The molecule has 2 aliphatic rings. The Bertz CT molecular complexity index is 244. The fourth-order valence-corrected chi connectivity index (χ4v) is 2.99. The van der Waals surface area contributed by atoms with E-state index in [4.69, 9.17) is 9.84 Å². The summed E-state index contributed by atoms with van der Waals surface area (Å²) in [4.78, 5) is 13.4. The van der Waals surface area contributed by atoms with Crippen molar-refractivity contribution in [2.75, 3.05) is 26.3 Å². The van der Waals surface area contributed by atoms with E-state index < -0.39 is 0 Å². The second kappa shape index (κ2) is 5.53. The number of piperidine rings is 1. The maximum Gasteiger partial charge on any atom is 0.409 e. The van der Waals surface area contributed by atoms with E-state index in [2.05, 4.69) is 0 Å². The highest BCUT2D eigenvalue weighted by Crippen LogP contribution is 2.36. The number of amides is 1. The van der Waals surface area contributed by atoms with Crippen molar-refractivity contribution in [1.29, 1.82) is 0 Å². The van der Waals surface area contributed by atoms with Crippen LogP contribution >= 0.6 is 0 Å². The van der Waals surface area contributed by atoms with Gasteiger partial charge in [-0.15, -0.1) is 0 Å². The maximum absolute atomic E-state index is 11.6. The Balaban J connectivity index is 1.82. The van der Waals surface area contributed by atoms with Crippen molar-refractivity contribution in [3.63, 3.8) is 0 Å². The molecule has 1 saturated carbocycles. The Hall–Kier alpha value is -0.770. The smallest absolute Gasteiger partial charge is 0.409 e. The van der Waals surface area contributed by atoms with Crippen molar-refractivity contribution < 1.29 is 14.6 Å². The van der Waals surface area contributed by atoms with Crippen molar-refractivity contribution in [3.8, 4) is 0 Å². The van der Waals surface area contributed by atoms with Crippen LogP contribution in [-0.4, -0.2) is 42.4 Å². The molecule has 92 valence electrons. The summed E-state index contributed by atoms with van der Waals surface area (Å²) in [7, 11) is 0. The fraction of sp³-hybridized carbons (Fsp3) is 0.917. The molecule has 2 rings (SSSR count). The zero-order chi connectivity index (χ0) is 11.4. The summed E-state index contributed by atoms with van der Waals surface area (Å²) in [6.07, 6.45) is 6.13. The lowest BCUT2D eigenvalue weighted by molar-refractivity contribution is 0.0478. The predicted octanol–water partition coefficient (Wildman–Crippen LogP) is 1.63. The third kappa shape index (κ3) is 2.67. The minimum absolute atomic E-state index is 0.0916. The molecule has 2 unspecified atom stereocenters. The fourth-order valence-electron chi connectivity index (χ4n) is 2.99. The molecule has 1 saturated heterocycles. The molecule has 0 aromatic rings. The van der Waals surface area contributed by atoms with E-state index in [0.29, 0.717) is 5.92 Å². The maximum atomic E-state index is 11.6. The van der Waals surface area contributed by atoms with Crippen molar-refractivity contribution in [2.24, 2.45) is 11.8 Å². The molecular weight excluding hydrogens is 206 g/mol. The first kappa shape index (κ1) is 11.7. The Morgan fingerprint density at radius 2 is 2.00 bits per heavy atom. The Morgan fingerprint density at radius 3 is 2.75 bits per heavy atom. The number of hydrogen-bond acceptors (Lipinski definition) is 3. The standard InChI is InChI=1S/C12H21NO3/c14-7-8-16-12(15)13-6-5-10-3-1-2-4-11(10)9-13/h10-11,14H,1-9H2. The summed E-state index contributed by atoms with van der Waals surface area (Å²) in [6, 6.07) is 0. The van der Waals surface area contributed by atoms with E-state index in [1.165, 1.54) is 25.7 Å². The monoisotopic (exact) mass is 227 g/mol. The van der Waals surface area contributed by atoms with Crippen LogP contribution in [0.5, 0.6) is 0 Å². The first-order valence-corrected chi connectivity index (χ1v) is 6.34. The number of aliphatic hydroxyl groups is 1. The third-order valence-electron chi connectivity index (χ3n) is 3.87. The predicted molar refractivity (Wildman–Crippen MR) is 60.1 cm³/mol. The highest BCUT2D eigenvalue weighted by molar-refractivity contribution is 5.67. The number of fused-ring (bicyclic) bond motifs is 1. The third-order valence-corrected chi connectivity index (χ3v) is 3.87. The second-order valence-corrected chi connectivity index (χ2v) is 4.88. The number of hydrogen-bond donors (Lipinski definition) is 1. The second-order valence-electron chi connectivity index (χ2n) is 4.88. The average molecular weight is 227 g/mol. The zero-order valence-corrected chi connectivity index (χ0v) is 9.73. The highest BCUT2D eigenvalue weighted by Gasteiger charge is 2.33. The molecular formula is C12H21NO3. The molecule has 0 spiro atoms. The van der Waals surface area contributed by atoms with Crippen LogP contribution in [0.25, 0.3) is 0 Å². The lowest BCUT2D eigenvalue weighted by Gasteiger charge is -2.40. The van der Waals surface area contributed by atoms with E-state index in [1.807, 2.05) is 4.90 Å². The van der Waals surface area contributed by atoms with Crippen LogP contribution in [0.3, 0.4) is 0 Å². The normalized spacial score (nSPS) is 29.7. The van der Waals surface area contributed by atoms with Crippen LogP contribution in [0, 0.1) is 11.8 Å². The summed E-state index contributed by atoms with van der Waals surface area (Å²) in [6.45, 7) is 1.70. The molecule has 1 N–H and O–H groups in total. The topological polar surface area (TPSA) is 49.8 Å². The van der Waals surface area contributed by atoms with Crippen LogP contribution in [0.4, 0.5) is 4.79 Å². The molecule has 0 bridgehead atoms. The lowest BCUT2D eigenvalue weighted by atomic mass is 9.75. The van der Waals surface area contributed by atoms with Gasteiger partial charge in [0, 0.05) is 13.1 Å². The van der Waals surface area contributed by atoms with Gasteiger partial charge in [0.2, 0.25) is 0 Å². The average Bonchev–Trinajstić information content (AvgIpc) is 2.35. The van der Waals surface area contributed by atoms with Crippen LogP contribution in [0.1, 0.15) is 32.1 Å². The number of carbonyl (C=O) groups excluding carboxylic acids is 1. The molecule has 4 heteroatoms. The number of rotatable bonds is 2. The molecule has 1 amide bonds. The van der Waals surface area contributed by atoms with E-state index in [9.17, 15) is 4.79 Å². The minimum atomic E-state index is -0.252. The number of aliphatic hydroxyl groups excluding tert-OH is 1. The van der Waals surface area contributed by atoms with E-state index >= 15 is 0 Å². The molecule has 16 heavy (non-hydrogen) atoms. The molecule has 2 fully saturated rings. The van der Waals surface area contributed by atoms with Crippen molar-refractivity contribution >= 4 is 6.09 Å². The lowest BCUT2D eigenvalue weighted by Crippen LogP contribution is -2.45. The SMILES string of the molecule is O=C(OCCO)N1CCC2CCCCC2C1. The minimum Gasteiger partial charge on any atom is -0.447 e. The van der Waals surface area contributed by atoms with E-state index in [0.717, 1.165) is 25.4 Å². The van der Waals surface area contributed by atoms with Gasteiger partial charge in [-0.1, -0.05) is 19.3 Å². The van der Waals surface area contributed by atoms with Gasteiger partial charge in [0.25, 0.3) is 0 Å². The van der Waals surface area contributed by atoms with Gasteiger partial charge >= 0.3 is 6.09 Å². The van der Waals surface area contributed by atoms with Gasteiger partial charge < -0.3 is 14.7 Å². The number of nitrogens with zero attached hydrogens (tertiary/aromatic N) is 1. The van der Waals surface area contributed by atoms with Gasteiger partial charge in [-0.05, 0) is 24.7 Å². The summed E-state index contributed by atoms with van der Waals surface area (Å²) < 4.78 is 4.95. The Morgan fingerprint density at radius 1 is 1.25 bits per heavy atom. The van der Waals surface area contributed by atoms with Gasteiger partial charge in [-0.3, -0.25) is 0 Å². The van der Waals surface area contributed by atoms with Gasteiger partial charge in [0.1, 0.15) is 6.61 Å². The quantitative estimate of drug-likeness (QED) is 0.780. The molecule has 1 aliphatic carbocycles. The summed E-state index contributed by atoms with van der Waals surface area (Å²) in [5, 5.41) is 8.61.